The van der Waals surface area contributed by atoms with Crippen molar-refractivity contribution in [1.29, 1.82) is 0 Å². The van der Waals surface area contributed by atoms with Crippen molar-refractivity contribution in [3.8, 4) is 0 Å². The average molecular weight is 639 g/mol. The van der Waals surface area contributed by atoms with Crippen LogP contribution in [0.15, 0.2) is 97.1 Å². The summed E-state index contributed by atoms with van der Waals surface area (Å²) in [5.41, 5.74) is 6.94. The van der Waals surface area contributed by atoms with Crippen LogP contribution in [0.2, 0.25) is 42.8 Å². The molecule has 0 aliphatic carbocycles. The zero-order valence-corrected chi connectivity index (χ0v) is 28.6. The van der Waals surface area contributed by atoms with Gasteiger partial charge in [0.2, 0.25) is 0 Å². The van der Waals surface area contributed by atoms with Crippen molar-refractivity contribution in [3.63, 3.8) is 0 Å². The van der Waals surface area contributed by atoms with E-state index in [9.17, 15) is 0 Å². The summed E-state index contributed by atoms with van der Waals surface area (Å²) >= 11 is 0. The Morgan fingerprint density at radius 1 is 0.558 bits per heavy atom. The fraction of sp³-hybridized carbons (Fsp3) is 0.400. The topological polar surface area (TPSA) is 0 Å². The average Bonchev–Trinajstić information content (AvgIpc) is 3.98. The first-order valence-electron chi connectivity index (χ1n) is 16.7. The standard InChI is InChI=1S/C35H35P2.C5H5.Fe/c1-25-15-12-22-33(27(25)3)36(34-23-13-16-26(2)28(34)4)29(5)32-21-14-24-35(32)37(30-17-8-6-9-18-30)31-19-10-7-11-20-31;1-2-4-5-3-1;/h6-24,29H,1-5H3;1-5H;. The van der Waals surface area contributed by atoms with E-state index in [1.54, 1.807) is 32.3 Å². The van der Waals surface area contributed by atoms with Crippen molar-refractivity contribution >= 4 is 37.1 Å². The van der Waals surface area contributed by atoms with Crippen LogP contribution in [0.1, 0.15) is 29.2 Å². The van der Waals surface area contributed by atoms with Crippen LogP contribution in [0.4, 0.5) is 0 Å². The molecule has 43 heavy (non-hydrogen) atoms. The zero-order valence-electron chi connectivity index (χ0n) is 25.7. The maximum absolute atomic E-state index is 3.88. The van der Waals surface area contributed by atoms with Crippen LogP contribution in [-0.2, 0) is 6.51 Å². The number of aryl methyl sites for hydroxylation is 2. The van der Waals surface area contributed by atoms with Gasteiger partial charge in [0.05, 0.1) is 0 Å². The molecule has 6 atom stereocenters. The Bertz CT molecular complexity index is 2310. The van der Waals surface area contributed by atoms with E-state index in [0.29, 0.717) is 0 Å². The molecule has 0 bridgehead atoms. The Balaban J connectivity index is 1.09. The van der Waals surface area contributed by atoms with E-state index >= 15 is 0 Å². The summed E-state index contributed by atoms with van der Waals surface area (Å²) in [7, 11) is -0.771. The van der Waals surface area contributed by atoms with Crippen molar-refractivity contribution in [2.45, 2.75) is 87.2 Å². The first-order valence-corrected chi connectivity index (χ1v) is 25.7. The maximum atomic E-state index is 2.88. The predicted molar refractivity (Wildman–Crippen MR) is 182 cm³/mol. The SMILES string of the molecule is Cc1cccc(P(c2cccc(C)c2C)C(C)[C@]23[CH]4[CH]5[CH]6[C]2(P(c2ccccc2)c2ccccc2)[Fe]56432789[CH]3[CH]2[CH]7[CH]8[CH]39)c1C. The molecule has 4 aromatic carbocycles. The summed E-state index contributed by atoms with van der Waals surface area (Å²) in [6.07, 6.45) is 0. The molecule has 218 valence electrons. The van der Waals surface area contributed by atoms with Crippen LogP contribution in [0, 0.1) is 27.7 Å². The molecule has 0 nitrogen and oxygen atoms in total. The van der Waals surface area contributed by atoms with Gasteiger partial charge in [-0.05, 0) is 0 Å². The monoisotopic (exact) mass is 638 g/mol. The van der Waals surface area contributed by atoms with Gasteiger partial charge in [0.15, 0.2) is 0 Å². The fourth-order valence-corrected chi connectivity index (χ4v) is 121. The minimum absolute atomic E-state index is 0.329. The molecule has 0 saturated carbocycles. The number of benzene rings is 4. The Morgan fingerprint density at radius 2 is 1.02 bits per heavy atom. The van der Waals surface area contributed by atoms with Crippen LogP contribution >= 0.6 is 15.8 Å². The van der Waals surface area contributed by atoms with Crippen LogP contribution in [0.25, 0.3) is 0 Å². The predicted octanol–water partition coefficient (Wildman–Crippen LogP) is 9.54. The number of hydrogen-bond acceptors (Lipinski definition) is 0. The van der Waals surface area contributed by atoms with Crippen molar-refractivity contribution < 1.29 is 6.51 Å². The molecule has 0 N–H and O–H groups in total. The molecular formula is C40H40FeP2. The van der Waals surface area contributed by atoms with E-state index in [4.69, 9.17) is 0 Å². The quantitative estimate of drug-likeness (QED) is 0.140. The summed E-state index contributed by atoms with van der Waals surface area (Å²) in [6, 6.07) is 38.9. The van der Waals surface area contributed by atoms with E-state index in [2.05, 4.69) is 132 Å². The third kappa shape index (κ3) is 0.649. The molecule has 10 aliphatic rings. The molecule has 0 amide bonds. The second-order valence-corrected chi connectivity index (χ2v) is 46.8. The van der Waals surface area contributed by atoms with Crippen LogP contribution in [0.5, 0.6) is 0 Å². The van der Waals surface area contributed by atoms with Gasteiger partial charge >= 0.3 is 250 Å². The van der Waals surface area contributed by atoms with E-state index in [0.717, 1.165) is 14.0 Å². The van der Waals surface area contributed by atoms with Crippen molar-refractivity contribution in [3.05, 3.63) is 119 Å². The molecule has 4 aromatic rings. The molecule has 0 aromatic heterocycles. The number of hydrogen-bond donors (Lipinski definition) is 0. The van der Waals surface area contributed by atoms with Crippen LogP contribution in [0.3, 0.4) is 0 Å². The van der Waals surface area contributed by atoms with Gasteiger partial charge in [0, 0.05) is 0 Å². The van der Waals surface area contributed by atoms with Gasteiger partial charge in [-0.25, -0.2) is 0 Å². The molecule has 10 fully saturated rings. The molecule has 3 heteroatoms. The Labute approximate surface area is 248 Å². The van der Waals surface area contributed by atoms with E-state index in [1.807, 2.05) is 0 Å². The van der Waals surface area contributed by atoms with Gasteiger partial charge in [-0.2, -0.15) is 0 Å². The molecule has 1 spiro atoms. The molecule has 0 radical (unpaired) electrons. The van der Waals surface area contributed by atoms with E-state index < -0.39 is 14.4 Å². The Hall–Kier alpha value is -1.74. The van der Waals surface area contributed by atoms with Crippen LogP contribution in [-0.4, -0.2) is 9.71 Å². The fourth-order valence-electron chi connectivity index (χ4n) is 22.9. The summed E-state index contributed by atoms with van der Waals surface area (Å²) in [4.78, 5) is 10.2. The normalized spacial score (nSPS) is 56.8. The molecular weight excluding hydrogens is 598 g/mol. The number of fused-ring (bicyclic) bond motifs is 10. The van der Waals surface area contributed by atoms with Gasteiger partial charge in [-0.15, -0.1) is 0 Å². The van der Waals surface area contributed by atoms with Gasteiger partial charge in [0.25, 0.3) is 0 Å². The van der Waals surface area contributed by atoms with Gasteiger partial charge < -0.3 is 0 Å². The first-order chi connectivity index (χ1) is 20.7. The molecule has 5 unspecified atom stereocenters. The van der Waals surface area contributed by atoms with E-state index in [1.165, 1.54) is 49.7 Å². The second kappa shape index (κ2) is 3.77. The summed E-state index contributed by atoms with van der Waals surface area (Å²) < 4.78 is 1.47. The van der Waals surface area contributed by atoms with Gasteiger partial charge in [-0.1, -0.05) is 0 Å². The van der Waals surface area contributed by atoms with E-state index in [-0.39, 0.29) is 7.92 Å². The van der Waals surface area contributed by atoms with Gasteiger partial charge in [-0.3, -0.25) is 0 Å². The third-order valence-electron chi connectivity index (χ3n) is 21.9. The minimum atomic E-state index is -3.88. The first kappa shape index (κ1) is 22.7. The molecule has 10 saturated heterocycles. The van der Waals surface area contributed by atoms with Gasteiger partial charge in [0.1, 0.15) is 0 Å². The molecule has 14 rings (SSSR count). The Morgan fingerprint density at radius 3 is 1.44 bits per heavy atom. The summed E-state index contributed by atoms with van der Waals surface area (Å²) in [6.45, 7) is 8.62. The summed E-state index contributed by atoms with van der Waals surface area (Å²) in [5, 5.41) is 6.88. The van der Waals surface area contributed by atoms with Crippen molar-refractivity contribution in [2.75, 3.05) is 0 Å². The number of rotatable bonds is 7. The second-order valence-electron chi connectivity index (χ2n) is 18.3. The Kier molecular flexibility index (Phi) is 1.99. The van der Waals surface area contributed by atoms with Crippen LogP contribution < -0.4 is 21.2 Å². The molecule has 10 heterocycles. The summed E-state index contributed by atoms with van der Waals surface area (Å²) in [5.74, 6) is 0. The zero-order chi connectivity index (χ0) is 28.6. The third-order valence-corrected chi connectivity index (χ3v) is 75.5. The van der Waals surface area contributed by atoms with Crippen molar-refractivity contribution in [1.82, 2.24) is 0 Å². The van der Waals surface area contributed by atoms with Crippen molar-refractivity contribution in [2.24, 2.45) is 0 Å². The molecule has 10 aliphatic heterocycles.